The summed E-state index contributed by atoms with van der Waals surface area (Å²) in [7, 11) is 1.17. The Morgan fingerprint density at radius 3 is 2.57 bits per heavy atom. The Hall–Kier alpha value is -1.44. The molecule has 1 saturated carbocycles. The summed E-state index contributed by atoms with van der Waals surface area (Å²) in [6, 6.07) is 0. The van der Waals surface area contributed by atoms with Crippen molar-refractivity contribution in [2.75, 3.05) is 13.7 Å². The lowest BCUT2D eigenvalue weighted by Crippen LogP contribution is -2.44. The van der Waals surface area contributed by atoms with Crippen molar-refractivity contribution in [3.8, 4) is 5.75 Å². The predicted octanol–water partition coefficient (Wildman–Crippen LogP) is -0.299. The van der Waals surface area contributed by atoms with E-state index in [0.29, 0.717) is 0 Å². The van der Waals surface area contributed by atoms with E-state index in [-0.39, 0.29) is 15.1 Å². The Labute approximate surface area is 173 Å². The maximum atomic E-state index is 12.2. The van der Waals surface area contributed by atoms with Gasteiger partial charge in [-0.15, -0.1) is 0 Å². The molecule has 2 aliphatic rings. The molecular weight excluding hydrogens is 487 g/mol. The van der Waals surface area contributed by atoms with Crippen molar-refractivity contribution < 1.29 is 29.2 Å². The molecule has 3 N–H and O–H groups in total. The van der Waals surface area contributed by atoms with Crippen LogP contribution in [0.1, 0.15) is 32.9 Å². The molecule has 0 amide bonds. The highest BCUT2D eigenvalue weighted by atomic mass is 127. The number of nitrogens with one attached hydrogen (secondary N) is 1. The molecule has 156 valence electrons. The van der Waals surface area contributed by atoms with Crippen molar-refractivity contribution in [1.82, 2.24) is 9.55 Å². The summed E-state index contributed by atoms with van der Waals surface area (Å²) >= 11 is 2.29. The third kappa shape index (κ3) is 3.17. The van der Waals surface area contributed by atoms with Crippen molar-refractivity contribution >= 4 is 28.6 Å². The molecule has 0 radical (unpaired) electrons. The third-order valence-electron chi connectivity index (χ3n) is 5.69. The number of aromatic nitrogens is 2. The van der Waals surface area contributed by atoms with E-state index in [0.717, 1.165) is 23.6 Å². The zero-order chi connectivity index (χ0) is 20.9. The molecule has 1 saturated heterocycles. The van der Waals surface area contributed by atoms with Crippen LogP contribution in [0.4, 0.5) is 0 Å². The van der Waals surface area contributed by atoms with Gasteiger partial charge in [0.25, 0.3) is 5.56 Å². The molecule has 1 aliphatic heterocycles. The van der Waals surface area contributed by atoms with Gasteiger partial charge in [0, 0.05) is 9.34 Å². The van der Waals surface area contributed by atoms with Crippen LogP contribution >= 0.6 is 22.6 Å². The molecule has 2 fully saturated rings. The van der Waals surface area contributed by atoms with Crippen molar-refractivity contribution in [2.24, 2.45) is 5.92 Å². The molecule has 3 rings (SSSR count). The van der Waals surface area contributed by atoms with E-state index in [4.69, 9.17) is 9.47 Å². The van der Waals surface area contributed by atoms with Gasteiger partial charge in [-0.3, -0.25) is 14.3 Å². The number of rotatable bonds is 7. The zero-order valence-electron chi connectivity index (χ0n) is 15.7. The number of aromatic amines is 1. The maximum Gasteiger partial charge on any atom is 0.343 e. The van der Waals surface area contributed by atoms with Crippen molar-refractivity contribution in [1.29, 1.82) is 0 Å². The third-order valence-corrected chi connectivity index (χ3v) is 7.89. The minimum atomic E-state index is -1.47. The van der Waals surface area contributed by atoms with Gasteiger partial charge in [0.05, 0.1) is 19.4 Å². The number of halogens is 1. The highest BCUT2D eigenvalue weighted by Crippen LogP contribution is 2.65. The average molecular weight is 510 g/mol. The number of nitrogens with zero attached hydrogens (tertiary/aromatic N) is 1. The molecule has 0 aromatic carbocycles. The first kappa shape index (κ1) is 21.3. The molecule has 10 nitrogen and oxygen atoms in total. The van der Waals surface area contributed by atoms with Gasteiger partial charge < -0.3 is 24.4 Å². The number of methoxy groups -OCH3 is 1. The highest BCUT2D eigenvalue weighted by molar-refractivity contribution is 14.1. The fraction of sp³-hybridized carbons (Fsp3) is 0.706. The summed E-state index contributed by atoms with van der Waals surface area (Å²) in [5, 5.41) is 21.7. The largest absolute Gasteiger partial charge is 0.475 e. The van der Waals surface area contributed by atoms with Gasteiger partial charge in [-0.1, -0.05) is 36.4 Å². The molecule has 28 heavy (non-hydrogen) atoms. The molecule has 11 heteroatoms. The summed E-state index contributed by atoms with van der Waals surface area (Å²) in [5.41, 5.74) is -3.13. The molecule has 2 unspecified atom stereocenters. The Balaban J connectivity index is 1.86. The van der Waals surface area contributed by atoms with Gasteiger partial charge in [0.15, 0.2) is 12.8 Å². The van der Waals surface area contributed by atoms with Crippen LogP contribution in [0, 0.1) is 5.92 Å². The summed E-state index contributed by atoms with van der Waals surface area (Å²) in [4.78, 5) is 37.4. The number of carbonyl (C=O) groups is 1. The molecule has 1 aromatic heterocycles. The van der Waals surface area contributed by atoms with E-state index < -0.39 is 47.9 Å². The first-order valence-electron chi connectivity index (χ1n) is 8.93. The second kappa shape index (κ2) is 7.43. The van der Waals surface area contributed by atoms with Crippen LogP contribution in [0.15, 0.2) is 15.8 Å². The van der Waals surface area contributed by atoms with Crippen LogP contribution in [-0.4, -0.2) is 60.7 Å². The van der Waals surface area contributed by atoms with Crippen molar-refractivity contribution in [2.45, 2.75) is 54.1 Å². The Bertz CT molecular complexity index is 879. The van der Waals surface area contributed by atoms with Crippen LogP contribution in [0.25, 0.3) is 0 Å². The van der Waals surface area contributed by atoms with Crippen LogP contribution in [0.2, 0.25) is 0 Å². The first-order chi connectivity index (χ1) is 13.1. The minimum absolute atomic E-state index is 0.242. The van der Waals surface area contributed by atoms with E-state index in [9.17, 15) is 24.6 Å². The fourth-order valence-electron chi connectivity index (χ4n) is 3.90. The number of H-pyrrole nitrogens is 1. The number of fused-ring (bicyclic) bond motifs is 1. The number of hydrogen-bond acceptors (Lipinski definition) is 8. The molecular formula is C17H23IN2O8. The van der Waals surface area contributed by atoms with Crippen LogP contribution in [0.5, 0.6) is 5.75 Å². The highest BCUT2D eigenvalue weighted by Gasteiger charge is 2.80. The van der Waals surface area contributed by atoms with Crippen LogP contribution in [0.3, 0.4) is 0 Å². The van der Waals surface area contributed by atoms with Gasteiger partial charge in [0.1, 0.15) is 11.7 Å². The number of alkyl halides is 1. The second-order valence-corrected chi connectivity index (χ2v) is 9.17. The average Bonchev–Trinajstić information content (AvgIpc) is 3.21. The number of aliphatic hydroxyl groups excluding tert-OH is 1. The monoisotopic (exact) mass is 510 g/mol. The Kier molecular flexibility index (Phi) is 5.64. The Morgan fingerprint density at radius 2 is 2.07 bits per heavy atom. The number of esters is 1. The SMILES string of the molecule is CCC(I)(CC)C1[C@H]2OC(n3cc(OCC(=O)OC)c(=O)[nH]c3=O)[C@H](O)[C@@]12O. The molecule has 2 heterocycles. The van der Waals surface area contributed by atoms with E-state index in [2.05, 4.69) is 32.3 Å². The lowest BCUT2D eigenvalue weighted by molar-refractivity contribution is -0.142. The molecule has 1 aromatic rings. The summed E-state index contributed by atoms with van der Waals surface area (Å²) in [6.07, 6.45) is -0.547. The van der Waals surface area contributed by atoms with Gasteiger partial charge >= 0.3 is 11.7 Å². The quantitative estimate of drug-likeness (QED) is 0.258. The standard InChI is InChI=1S/C17H23IN2O8/c1-4-16(18,5-2)10-12-17(10,25)11(22)14(28-12)20-6-8(13(23)19-15(20)24)27-7-9(21)26-3/h6,10-12,14,22,25H,4-5,7H2,1-3H3,(H,19,23,24)/t10?,11-,12+,14?,17-/m0/s1. The summed E-state index contributed by atoms with van der Waals surface area (Å²) in [6.45, 7) is 3.49. The van der Waals surface area contributed by atoms with Crippen molar-refractivity contribution in [3.63, 3.8) is 0 Å². The maximum absolute atomic E-state index is 12.2. The summed E-state index contributed by atoms with van der Waals surface area (Å²) in [5.74, 6) is -1.28. The zero-order valence-corrected chi connectivity index (χ0v) is 17.8. The minimum Gasteiger partial charge on any atom is -0.475 e. The molecule has 0 bridgehead atoms. The molecule has 5 atom stereocenters. The first-order valence-corrected chi connectivity index (χ1v) is 10.0. The lowest BCUT2D eigenvalue weighted by atomic mass is 9.92. The number of carbonyl (C=O) groups excluding carboxylic acids is 1. The van der Waals surface area contributed by atoms with Crippen LogP contribution in [-0.2, 0) is 14.3 Å². The number of ether oxygens (including phenoxy) is 3. The van der Waals surface area contributed by atoms with Gasteiger partial charge in [-0.05, 0) is 12.8 Å². The lowest BCUT2D eigenvalue weighted by Gasteiger charge is -2.31. The molecule has 1 aliphatic carbocycles. The Morgan fingerprint density at radius 1 is 1.43 bits per heavy atom. The van der Waals surface area contributed by atoms with E-state index in [1.807, 2.05) is 13.8 Å². The van der Waals surface area contributed by atoms with E-state index in [1.54, 1.807) is 0 Å². The van der Waals surface area contributed by atoms with E-state index in [1.165, 1.54) is 7.11 Å². The molecule has 0 spiro atoms. The van der Waals surface area contributed by atoms with Crippen LogP contribution < -0.4 is 16.0 Å². The fourth-order valence-corrected chi connectivity index (χ4v) is 4.73. The second-order valence-electron chi connectivity index (χ2n) is 7.02. The smallest absolute Gasteiger partial charge is 0.343 e. The number of hydrogen-bond donors (Lipinski definition) is 3. The van der Waals surface area contributed by atoms with Gasteiger partial charge in [-0.2, -0.15) is 0 Å². The number of aliphatic hydroxyl groups is 2. The predicted molar refractivity (Wildman–Crippen MR) is 105 cm³/mol. The van der Waals surface area contributed by atoms with Gasteiger partial charge in [0.2, 0.25) is 5.75 Å². The normalized spacial score (nSPS) is 31.4. The summed E-state index contributed by atoms with van der Waals surface area (Å²) < 4.78 is 16.0. The van der Waals surface area contributed by atoms with Crippen molar-refractivity contribution in [3.05, 3.63) is 27.0 Å². The topological polar surface area (TPSA) is 140 Å². The van der Waals surface area contributed by atoms with Gasteiger partial charge in [-0.25, -0.2) is 9.59 Å². The van der Waals surface area contributed by atoms with E-state index >= 15 is 0 Å².